The minimum atomic E-state index is -3.53. The summed E-state index contributed by atoms with van der Waals surface area (Å²) in [4.78, 5) is 28.2. The second-order valence-electron chi connectivity index (χ2n) is 6.62. The number of rotatable bonds is 6. The SMILES string of the molecule is CN1CC(=O)N(CCS(=O)(=O)c2ccccc2)[C@@H](Cc2ccccc2)C1=O. The molecule has 0 bridgehead atoms. The van der Waals surface area contributed by atoms with Gasteiger partial charge in [-0.3, -0.25) is 9.59 Å². The van der Waals surface area contributed by atoms with Crippen molar-refractivity contribution in [3.8, 4) is 0 Å². The van der Waals surface area contributed by atoms with Crippen LogP contribution in [0, 0.1) is 0 Å². The Morgan fingerprint density at radius 3 is 2.19 bits per heavy atom. The number of carbonyl (C=O) groups is 2. The van der Waals surface area contributed by atoms with Gasteiger partial charge in [-0.25, -0.2) is 8.42 Å². The molecule has 2 aromatic carbocycles. The fourth-order valence-corrected chi connectivity index (χ4v) is 4.46. The van der Waals surface area contributed by atoms with Gasteiger partial charge >= 0.3 is 0 Å². The van der Waals surface area contributed by atoms with Gasteiger partial charge in [-0.1, -0.05) is 48.5 Å². The topological polar surface area (TPSA) is 74.8 Å². The molecule has 0 spiro atoms. The van der Waals surface area contributed by atoms with Gasteiger partial charge in [0.05, 0.1) is 17.2 Å². The van der Waals surface area contributed by atoms with Crippen LogP contribution in [0.1, 0.15) is 5.56 Å². The molecule has 0 radical (unpaired) electrons. The molecule has 1 saturated heterocycles. The van der Waals surface area contributed by atoms with Gasteiger partial charge in [-0.05, 0) is 17.7 Å². The van der Waals surface area contributed by atoms with Crippen LogP contribution < -0.4 is 0 Å². The predicted molar refractivity (Wildman–Crippen MR) is 102 cm³/mol. The molecular weight excluding hydrogens is 364 g/mol. The van der Waals surface area contributed by atoms with Crippen molar-refractivity contribution in [3.63, 3.8) is 0 Å². The maximum Gasteiger partial charge on any atom is 0.245 e. The Labute approximate surface area is 159 Å². The zero-order valence-corrected chi connectivity index (χ0v) is 15.9. The third kappa shape index (κ3) is 4.36. The van der Waals surface area contributed by atoms with Crippen molar-refractivity contribution in [3.05, 3.63) is 66.2 Å². The monoisotopic (exact) mass is 386 g/mol. The van der Waals surface area contributed by atoms with E-state index in [0.717, 1.165) is 5.56 Å². The molecule has 1 atom stereocenters. The molecule has 7 heteroatoms. The van der Waals surface area contributed by atoms with E-state index in [1.54, 1.807) is 25.2 Å². The first-order valence-electron chi connectivity index (χ1n) is 8.74. The van der Waals surface area contributed by atoms with Crippen molar-refractivity contribution >= 4 is 21.7 Å². The molecule has 27 heavy (non-hydrogen) atoms. The average Bonchev–Trinajstić information content (AvgIpc) is 2.67. The zero-order chi connectivity index (χ0) is 19.4. The Bertz CT molecular complexity index is 914. The van der Waals surface area contributed by atoms with Crippen molar-refractivity contribution in [2.75, 3.05) is 25.9 Å². The Hall–Kier alpha value is -2.67. The van der Waals surface area contributed by atoms with E-state index in [4.69, 9.17) is 0 Å². The molecule has 3 rings (SSSR count). The normalized spacial score (nSPS) is 18.0. The fraction of sp³-hybridized carbons (Fsp3) is 0.300. The summed E-state index contributed by atoms with van der Waals surface area (Å²) < 4.78 is 25.1. The summed E-state index contributed by atoms with van der Waals surface area (Å²) >= 11 is 0. The molecule has 0 aliphatic carbocycles. The molecule has 1 fully saturated rings. The largest absolute Gasteiger partial charge is 0.335 e. The summed E-state index contributed by atoms with van der Waals surface area (Å²) in [6, 6.07) is 16.9. The number of carbonyl (C=O) groups excluding carboxylic acids is 2. The first-order valence-corrected chi connectivity index (χ1v) is 10.4. The highest BCUT2D eigenvalue weighted by Gasteiger charge is 2.38. The van der Waals surface area contributed by atoms with Gasteiger partial charge in [-0.2, -0.15) is 0 Å². The molecule has 0 aromatic heterocycles. The summed E-state index contributed by atoms with van der Waals surface area (Å²) in [7, 11) is -1.94. The first kappa shape index (κ1) is 19.1. The van der Waals surface area contributed by atoms with Gasteiger partial charge in [0, 0.05) is 20.0 Å². The molecule has 2 amide bonds. The number of likely N-dealkylation sites (N-methyl/N-ethyl adjacent to an activating group) is 1. The first-order chi connectivity index (χ1) is 12.9. The Morgan fingerprint density at radius 1 is 0.963 bits per heavy atom. The lowest BCUT2D eigenvalue weighted by Gasteiger charge is -2.39. The standard InChI is InChI=1S/C20H22N2O4S/c1-21-15-19(23)22(12-13-27(25,26)17-10-6-3-7-11-17)18(20(21)24)14-16-8-4-2-5-9-16/h2-11,18H,12-15H2,1H3/t18-/m0/s1. The molecule has 1 aliphatic rings. The summed E-state index contributed by atoms with van der Waals surface area (Å²) in [5, 5.41) is 0. The molecule has 0 unspecified atom stereocenters. The van der Waals surface area contributed by atoms with E-state index in [1.807, 2.05) is 30.3 Å². The third-order valence-corrected chi connectivity index (χ3v) is 6.42. The molecule has 1 heterocycles. The van der Waals surface area contributed by atoms with E-state index in [9.17, 15) is 18.0 Å². The van der Waals surface area contributed by atoms with E-state index in [-0.39, 0.29) is 35.6 Å². The molecule has 6 nitrogen and oxygen atoms in total. The molecule has 142 valence electrons. The fourth-order valence-electron chi connectivity index (χ4n) is 3.21. The number of hydrogen-bond donors (Lipinski definition) is 0. The highest BCUT2D eigenvalue weighted by Crippen LogP contribution is 2.18. The van der Waals surface area contributed by atoms with Crippen LogP contribution in [0.15, 0.2) is 65.6 Å². The Balaban J connectivity index is 1.80. The van der Waals surface area contributed by atoms with Crippen LogP contribution in [0.5, 0.6) is 0 Å². The summed E-state index contributed by atoms with van der Waals surface area (Å²) in [5.41, 5.74) is 0.926. The highest BCUT2D eigenvalue weighted by atomic mass is 32.2. The number of benzene rings is 2. The number of hydrogen-bond acceptors (Lipinski definition) is 4. The van der Waals surface area contributed by atoms with Crippen LogP contribution in [-0.2, 0) is 25.8 Å². The van der Waals surface area contributed by atoms with Crippen LogP contribution in [0.25, 0.3) is 0 Å². The number of sulfone groups is 1. The van der Waals surface area contributed by atoms with Crippen LogP contribution in [-0.4, -0.2) is 62.0 Å². The van der Waals surface area contributed by atoms with Gasteiger partial charge in [-0.15, -0.1) is 0 Å². The number of amides is 2. The van der Waals surface area contributed by atoms with Crippen LogP contribution in [0.4, 0.5) is 0 Å². The maximum atomic E-state index is 12.7. The van der Waals surface area contributed by atoms with Gasteiger partial charge < -0.3 is 9.80 Å². The molecule has 0 N–H and O–H groups in total. The summed E-state index contributed by atoms with van der Waals surface area (Å²) in [5.74, 6) is -0.623. The second kappa shape index (κ2) is 7.92. The van der Waals surface area contributed by atoms with Gasteiger partial charge in [0.1, 0.15) is 6.04 Å². The smallest absolute Gasteiger partial charge is 0.245 e. The van der Waals surface area contributed by atoms with E-state index in [1.165, 1.54) is 21.9 Å². The zero-order valence-electron chi connectivity index (χ0n) is 15.1. The van der Waals surface area contributed by atoms with Gasteiger partial charge in [0.2, 0.25) is 11.8 Å². The molecular formula is C20H22N2O4S. The van der Waals surface area contributed by atoms with E-state index in [2.05, 4.69) is 0 Å². The van der Waals surface area contributed by atoms with Crippen LogP contribution in [0.3, 0.4) is 0 Å². The van der Waals surface area contributed by atoms with Crippen LogP contribution >= 0.6 is 0 Å². The van der Waals surface area contributed by atoms with Crippen molar-refractivity contribution < 1.29 is 18.0 Å². The number of nitrogens with zero attached hydrogens (tertiary/aromatic N) is 2. The molecule has 0 saturated carbocycles. The lowest BCUT2D eigenvalue weighted by Crippen LogP contribution is -2.60. The average molecular weight is 386 g/mol. The second-order valence-corrected chi connectivity index (χ2v) is 8.73. The summed E-state index contributed by atoms with van der Waals surface area (Å²) in [6.07, 6.45) is 0.362. The maximum absolute atomic E-state index is 12.7. The molecule has 1 aliphatic heterocycles. The number of piperazine rings is 1. The van der Waals surface area contributed by atoms with Crippen molar-refractivity contribution in [1.29, 1.82) is 0 Å². The highest BCUT2D eigenvalue weighted by molar-refractivity contribution is 7.91. The van der Waals surface area contributed by atoms with Crippen molar-refractivity contribution in [1.82, 2.24) is 9.80 Å². The molecule has 2 aromatic rings. The minimum Gasteiger partial charge on any atom is -0.335 e. The summed E-state index contributed by atoms with van der Waals surface area (Å²) in [6.45, 7) is -0.0390. The van der Waals surface area contributed by atoms with Crippen molar-refractivity contribution in [2.45, 2.75) is 17.4 Å². The Kier molecular flexibility index (Phi) is 5.60. The van der Waals surface area contributed by atoms with Gasteiger partial charge in [0.15, 0.2) is 9.84 Å². The van der Waals surface area contributed by atoms with E-state index >= 15 is 0 Å². The van der Waals surface area contributed by atoms with Gasteiger partial charge in [0.25, 0.3) is 0 Å². The lowest BCUT2D eigenvalue weighted by molar-refractivity contribution is -0.154. The third-order valence-electron chi connectivity index (χ3n) is 4.71. The quantitative estimate of drug-likeness (QED) is 0.752. The van der Waals surface area contributed by atoms with E-state index < -0.39 is 15.9 Å². The lowest BCUT2D eigenvalue weighted by atomic mass is 10.0. The minimum absolute atomic E-state index is 0.00680. The Morgan fingerprint density at radius 2 is 1.56 bits per heavy atom. The van der Waals surface area contributed by atoms with Crippen molar-refractivity contribution in [2.24, 2.45) is 0 Å². The predicted octanol–water partition coefficient (Wildman–Crippen LogP) is 1.37. The van der Waals surface area contributed by atoms with E-state index in [0.29, 0.717) is 6.42 Å². The van der Waals surface area contributed by atoms with Crippen LogP contribution in [0.2, 0.25) is 0 Å².